The molecule has 1 aromatic carbocycles. The van der Waals surface area contributed by atoms with Crippen molar-refractivity contribution >= 4 is 34.7 Å². The second kappa shape index (κ2) is 4.59. The maximum atomic E-state index is 11.3. The van der Waals surface area contributed by atoms with Crippen LogP contribution in [0, 0.1) is 17.0 Å². The number of hydrogen-bond donors (Lipinski definition) is 0. The summed E-state index contributed by atoms with van der Waals surface area (Å²) < 4.78 is 0. The number of ketones is 1. The number of Topliss-reactive ketones (excluding diaryl/α,β-unsaturated/α-hetero) is 1. The van der Waals surface area contributed by atoms with Crippen LogP contribution in [0.25, 0.3) is 0 Å². The molecule has 0 aliphatic rings. The predicted molar refractivity (Wildman–Crippen MR) is 57.9 cm³/mol. The summed E-state index contributed by atoms with van der Waals surface area (Å²) in [5, 5.41) is 10.7. The quantitative estimate of drug-likeness (QED) is 0.357. The van der Waals surface area contributed by atoms with Gasteiger partial charge >= 0.3 is 0 Å². The zero-order chi connectivity index (χ0) is 11.6. The molecule has 0 aliphatic carbocycles. The molecule has 80 valence electrons. The van der Waals surface area contributed by atoms with Gasteiger partial charge in [0.05, 0.1) is 10.8 Å². The van der Waals surface area contributed by atoms with E-state index >= 15 is 0 Å². The molecular weight excluding hydrogens is 241 g/mol. The Morgan fingerprint density at radius 1 is 1.53 bits per heavy atom. The molecule has 0 saturated carbocycles. The highest BCUT2D eigenvalue weighted by Gasteiger charge is 2.18. The molecule has 0 atom stereocenters. The van der Waals surface area contributed by atoms with Crippen LogP contribution in [-0.4, -0.2) is 16.6 Å². The molecule has 0 spiro atoms. The van der Waals surface area contributed by atoms with Crippen LogP contribution >= 0.6 is 23.2 Å². The fourth-order valence-electron chi connectivity index (χ4n) is 1.12. The number of halogens is 2. The van der Waals surface area contributed by atoms with E-state index in [0.29, 0.717) is 5.56 Å². The molecule has 0 radical (unpaired) electrons. The van der Waals surface area contributed by atoms with Crippen molar-refractivity contribution in [2.24, 2.45) is 0 Å². The van der Waals surface area contributed by atoms with Gasteiger partial charge in [-0.1, -0.05) is 11.6 Å². The average molecular weight is 248 g/mol. The van der Waals surface area contributed by atoms with E-state index in [1.807, 2.05) is 0 Å². The summed E-state index contributed by atoms with van der Waals surface area (Å²) >= 11 is 11.1. The first kappa shape index (κ1) is 11.9. The molecule has 0 fully saturated rings. The van der Waals surface area contributed by atoms with E-state index in [2.05, 4.69) is 0 Å². The molecule has 0 amide bonds. The molecule has 0 aromatic heterocycles. The Labute approximate surface area is 95.9 Å². The molecule has 0 N–H and O–H groups in total. The van der Waals surface area contributed by atoms with Gasteiger partial charge in [0.15, 0.2) is 5.78 Å². The van der Waals surface area contributed by atoms with E-state index in [4.69, 9.17) is 23.2 Å². The van der Waals surface area contributed by atoms with Crippen LogP contribution in [0.2, 0.25) is 5.02 Å². The first-order chi connectivity index (χ1) is 6.97. The van der Waals surface area contributed by atoms with Crippen LogP contribution in [0.5, 0.6) is 0 Å². The minimum Gasteiger partial charge on any atom is -0.293 e. The van der Waals surface area contributed by atoms with Crippen molar-refractivity contribution in [2.75, 3.05) is 5.88 Å². The number of nitro groups is 1. The lowest BCUT2D eigenvalue weighted by Gasteiger charge is -2.02. The summed E-state index contributed by atoms with van der Waals surface area (Å²) in [5.74, 6) is -0.572. The van der Waals surface area contributed by atoms with Crippen molar-refractivity contribution in [1.29, 1.82) is 0 Å². The van der Waals surface area contributed by atoms with Gasteiger partial charge in [0, 0.05) is 11.6 Å². The number of nitro benzene ring substituents is 1. The Hall–Kier alpha value is -1.13. The Morgan fingerprint density at radius 3 is 2.60 bits per heavy atom. The predicted octanol–water partition coefficient (Wildman–Crippen LogP) is 2.98. The summed E-state index contributed by atoms with van der Waals surface area (Å²) in [4.78, 5) is 21.2. The Bertz CT molecular complexity index is 432. The van der Waals surface area contributed by atoms with Crippen LogP contribution in [-0.2, 0) is 0 Å². The van der Waals surface area contributed by atoms with Crippen molar-refractivity contribution in [3.05, 3.63) is 38.4 Å². The van der Waals surface area contributed by atoms with Gasteiger partial charge in [0.25, 0.3) is 5.69 Å². The van der Waals surface area contributed by atoms with Gasteiger partial charge in [0.2, 0.25) is 0 Å². The van der Waals surface area contributed by atoms with Gasteiger partial charge in [-0.15, -0.1) is 11.6 Å². The second-order valence-electron chi connectivity index (χ2n) is 2.94. The first-order valence-corrected chi connectivity index (χ1v) is 4.92. The third-order valence-electron chi connectivity index (χ3n) is 1.88. The smallest absolute Gasteiger partial charge is 0.288 e. The molecule has 0 saturated heterocycles. The number of benzene rings is 1. The molecular formula is C9H7Cl2NO3. The molecule has 15 heavy (non-hydrogen) atoms. The van der Waals surface area contributed by atoms with Crippen molar-refractivity contribution in [3.63, 3.8) is 0 Å². The molecule has 0 unspecified atom stereocenters. The lowest BCUT2D eigenvalue weighted by Crippen LogP contribution is -2.02. The summed E-state index contributed by atoms with van der Waals surface area (Å²) in [6, 6.07) is 2.63. The van der Waals surface area contributed by atoms with Crippen LogP contribution in [0.1, 0.15) is 15.9 Å². The number of nitrogens with zero attached hydrogens (tertiary/aromatic N) is 1. The van der Waals surface area contributed by atoms with Crippen LogP contribution < -0.4 is 0 Å². The van der Waals surface area contributed by atoms with Gasteiger partial charge in [-0.05, 0) is 18.6 Å². The Morgan fingerprint density at radius 2 is 2.13 bits per heavy atom. The lowest BCUT2D eigenvalue weighted by atomic mass is 10.1. The summed E-state index contributed by atoms with van der Waals surface area (Å²) in [6.07, 6.45) is 0. The van der Waals surface area contributed by atoms with E-state index in [0.717, 1.165) is 6.07 Å². The van der Waals surface area contributed by atoms with Crippen LogP contribution in [0.4, 0.5) is 5.69 Å². The van der Waals surface area contributed by atoms with Crippen molar-refractivity contribution < 1.29 is 9.72 Å². The molecule has 6 heteroatoms. The van der Waals surface area contributed by atoms with Crippen molar-refractivity contribution in [3.8, 4) is 0 Å². The number of aryl methyl sites for hydroxylation is 1. The minimum absolute atomic E-state index is 0.0473. The van der Waals surface area contributed by atoms with E-state index in [9.17, 15) is 14.9 Å². The highest BCUT2D eigenvalue weighted by molar-refractivity contribution is 6.34. The van der Waals surface area contributed by atoms with E-state index < -0.39 is 4.92 Å². The Kier molecular flexibility index (Phi) is 3.66. The zero-order valence-electron chi connectivity index (χ0n) is 7.79. The molecule has 0 heterocycles. The van der Waals surface area contributed by atoms with E-state index in [1.54, 1.807) is 6.92 Å². The Balaban J connectivity index is 3.35. The third-order valence-corrected chi connectivity index (χ3v) is 2.61. The monoisotopic (exact) mass is 247 g/mol. The molecule has 4 nitrogen and oxygen atoms in total. The standard InChI is InChI=1S/C9H7Cl2NO3/c1-5-2-6(8(13)4-10)3-7(9(5)11)12(14)15/h2-3H,4H2,1H3. The molecule has 0 aliphatic heterocycles. The van der Waals surface area contributed by atoms with Gasteiger partial charge in [-0.3, -0.25) is 14.9 Å². The number of hydrogen-bond acceptors (Lipinski definition) is 3. The largest absolute Gasteiger partial charge is 0.293 e. The van der Waals surface area contributed by atoms with Gasteiger partial charge in [-0.2, -0.15) is 0 Å². The highest BCUT2D eigenvalue weighted by Crippen LogP contribution is 2.29. The van der Waals surface area contributed by atoms with Gasteiger partial charge < -0.3 is 0 Å². The summed E-state index contributed by atoms with van der Waals surface area (Å²) in [7, 11) is 0. The van der Waals surface area contributed by atoms with Crippen molar-refractivity contribution in [1.82, 2.24) is 0 Å². The number of alkyl halides is 1. The minimum atomic E-state index is -0.625. The topological polar surface area (TPSA) is 60.2 Å². The summed E-state index contributed by atoms with van der Waals surface area (Å²) in [6.45, 7) is 1.60. The van der Waals surface area contributed by atoms with Crippen LogP contribution in [0.3, 0.4) is 0 Å². The maximum absolute atomic E-state index is 11.3. The van der Waals surface area contributed by atoms with E-state index in [1.165, 1.54) is 6.07 Å². The first-order valence-electron chi connectivity index (χ1n) is 4.01. The fraction of sp³-hybridized carbons (Fsp3) is 0.222. The lowest BCUT2D eigenvalue weighted by molar-refractivity contribution is -0.384. The highest BCUT2D eigenvalue weighted by atomic mass is 35.5. The summed E-state index contributed by atoms with van der Waals surface area (Å²) in [5.41, 5.74) is 0.420. The second-order valence-corrected chi connectivity index (χ2v) is 3.59. The molecule has 1 rings (SSSR count). The maximum Gasteiger partial charge on any atom is 0.288 e. The third kappa shape index (κ3) is 2.46. The number of rotatable bonds is 3. The number of carbonyl (C=O) groups is 1. The van der Waals surface area contributed by atoms with Gasteiger partial charge in [-0.25, -0.2) is 0 Å². The average Bonchev–Trinajstić information content (AvgIpc) is 2.20. The SMILES string of the molecule is Cc1cc(C(=O)CCl)cc([N+](=O)[O-])c1Cl. The fourth-order valence-corrected chi connectivity index (χ4v) is 1.45. The molecule has 0 bridgehead atoms. The normalized spacial score (nSPS) is 10.1. The van der Waals surface area contributed by atoms with E-state index in [-0.39, 0.29) is 27.9 Å². The van der Waals surface area contributed by atoms with Gasteiger partial charge in [0.1, 0.15) is 5.02 Å². The molecule has 1 aromatic rings. The number of carbonyl (C=O) groups excluding carboxylic acids is 1. The zero-order valence-corrected chi connectivity index (χ0v) is 9.30. The van der Waals surface area contributed by atoms with Crippen LogP contribution in [0.15, 0.2) is 12.1 Å². The van der Waals surface area contributed by atoms with Crippen molar-refractivity contribution in [2.45, 2.75) is 6.92 Å².